The molecule has 0 fully saturated rings. The van der Waals surface area contributed by atoms with Crippen LogP contribution in [0.15, 0.2) is 38.7 Å². The lowest BCUT2D eigenvalue weighted by Crippen LogP contribution is -2.38. The van der Waals surface area contributed by atoms with Crippen molar-refractivity contribution < 1.29 is 4.79 Å². The van der Waals surface area contributed by atoms with E-state index in [4.69, 9.17) is 0 Å². The van der Waals surface area contributed by atoms with E-state index in [1.54, 1.807) is 15.9 Å². The van der Waals surface area contributed by atoms with Crippen molar-refractivity contribution in [2.45, 2.75) is 19.4 Å². The van der Waals surface area contributed by atoms with Crippen LogP contribution in [-0.4, -0.2) is 27.0 Å². The molecule has 3 aromatic rings. The molecule has 4 heterocycles. The van der Waals surface area contributed by atoms with Gasteiger partial charge in [-0.2, -0.15) is 5.10 Å². The number of carbonyl (C=O) groups is 1. The Morgan fingerprint density at radius 3 is 3.00 bits per heavy atom. The van der Waals surface area contributed by atoms with Crippen LogP contribution in [0, 0.1) is 0 Å². The standard InChI is InChI=1S/C16H13Br2N3OS/c1-9-15-10(6-14(18)23-15)4-5-20(9)16(22)13-7-12-3-2-11(17)8-21(12)19-13/h2-3,6-9H,4-5H2,1H3. The van der Waals surface area contributed by atoms with Crippen LogP contribution in [0.2, 0.25) is 0 Å². The lowest BCUT2D eigenvalue weighted by atomic mass is 10.0. The summed E-state index contributed by atoms with van der Waals surface area (Å²) in [6.45, 7) is 2.82. The van der Waals surface area contributed by atoms with E-state index in [-0.39, 0.29) is 11.9 Å². The third-order valence-electron chi connectivity index (χ3n) is 4.18. The largest absolute Gasteiger partial charge is 0.329 e. The zero-order chi connectivity index (χ0) is 16.1. The van der Waals surface area contributed by atoms with Crippen molar-refractivity contribution in [3.8, 4) is 0 Å². The van der Waals surface area contributed by atoms with Crippen LogP contribution < -0.4 is 0 Å². The van der Waals surface area contributed by atoms with Gasteiger partial charge in [-0.15, -0.1) is 11.3 Å². The minimum atomic E-state index is -0.00695. The second-order valence-electron chi connectivity index (χ2n) is 5.61. The predicted molar refractivity (Wildman–Crippen MR) is 98.1 cm³/mol. The number of rotatable bonds is 1. The Labute approximate surface area is 154 Å². The van der Waals surface area contributed by atoms with Gasteiger partial charge in [0.05, 0.1) is 15.3 Å². The number of hydrogen-bond acceptors (Lipinski definition) is 3. The normalized spacial score (nSPS) is 17.5. The van der Waals surface area contributed by atoms with E-state index in [1.165, 1.54) is 10.4 Å². The highest BCUT2D eigenvalue weighted by atomic mass is 79.9. The number of halogens is 2. The van der Waals surface area contributed by atoms with Gasteiger partial charge in [0.15, 0.2) is 5.69 Å². The number of fused-ring (bicyclic) bond motifs is 2. The lowest BCUT2D eigenvalue weighted by Gasteiger charge is -2.32. The van der Waals surface area contributed by atoms with Crippen LogP contribution in [-0.2, 0) is 6.42 Å². The molecule has 0 bridgehead atoms. The van der Waals surface area contributed by atoms with Crippen molar-refractivity contribution >= 4 is 54.6 Å². The summed E-state index contributed by atoms with van der Waals surface area (Å²) in [4.78, 5) is 16.1. The maximum absolute atomic E-state index is 12.9. The first-order valence-corrected chi connectivity index (χ1v) is 9.67. The summed E-state index contributed by atoms with van der Waals surface area (Å²) in [5.41, 5.74) is 2.76. The molecule has 1 atom stereocenters. The molecule has 0 saturated carbocycles. The van der Waals surface area contributed by atoms with Gasteiger partial charge in [0.25, 0.3) is 5.91 Å². The summed E-state index contributed by atoms with van der Waals surface area (Å²) >= 11 is 8.69. The summed E-state index contributed by atoms with van der Waals surface area (Å²) in [6.07, 6.45) is 2.76. The fourth-order valence-corrected chi connectivity index (χ4v) is 5.15. The van der Waals surface area contributed by atoms with Crippen LogP contribution >= 0.6 is 43.2 Å². The van der Waals surface area contributed by atoms with Crippen LogP contribution in [0.5, 0.6) is 0 Å². The monoisotopic (exact) mass is 453 g/mol. The molecule has 118 valence electrons. The van der Waals surface area contributed by atoms with Crippen LogP contribution in [0.3, 0.4) is 0 Å². The molecular weight excluding hydrogens is 442 g/mol. The van der Waals surface area contributed by atoms with Crippen molar-refractivity contribution in [3.63, 3.8) is 0 Å². The zero-order valence-corrected chi connectivity index (χ0v) is 16.3. The van der Waals surface area contributed by atoms with Crippen molar-refractivity contribution in [2.75, 3.05) is 6.54 Å². The Morgan fingerprint density at radius 2 is 2.17 bits per heavy atom. The minimum absolute atomic E-state index is 0.00695. The molecule has 4 nitrogen and oxygen atoms in total. The smallest absolute Gasteiger partial charge is 0.274 e. The van der Waals surface area contributed by atoms with E-state index >= 15 is 0 Å². The molecule has 1 amide bonds. The maximum Gasteiger partial charge on any atom is 0.274 e. The van der Waals surface area contributed by atoms with Crippen molar-refractivity contribution in [2.24, 2.45) is 0 Å². The van der Waals surface area contributed by atoms with Crippen molar-refractivity contribution in [1.29, 1.82) is 0 Å². The Hall–Kier alpha value is -1.18. The SMILES string of the molecule is CC1c2sc(Br)cc2CCN1C(=O)c1cc2ccc(Br)cn2n1. The molecule has 0 radical (unpaired) electrons. The molecule has 1 unspecified atom stereocenters. The van der Waals surface area contributed by atoms with Crippen LogP contribution in [0.4, 0.5) is 0 Å². The van der Waals surface area contributed by atoms with Gasteiger partial charge in [-0.1, -0.05) is 0 Å². The first-order chi connectivity index (χ1) is 11.0. The van der Waals surface area contributed by atoms with Gasteiger partial charge in [0, 0.05) is 22.1 Å². The van der Waals surface area contributed by atoms with E-state index in [1.807, 2.05) is 29.3 Å². The van der Waals surface area contributed by atoms with E-state index in [2.05, 4.69) is 49.9 Å². The predicted octanol–water partition coefficient (Wildman–Crippen LogP) is 4.68. The summed E-state index contributed by atoms with van der Waals surface area (Å²) in [6, 6.07) is 7.99. The van der Waals surface area contributed by atoms with Gasteiger partial charge in [-0.3, -0.25) is 4.79 Å². The molecule has 3 aromatic heterocycles. The Balaban J connectivity index is 1.68. The fraction of sp³-hybridized carbons (Fsp3) is 0.250. The minimum Gasteiger partial charge on any atom is -0.329 e. The highest BCUT2D eigenvalue weighted by molar-refractivity contribution is 9.11. The summed E-state index contributed by atoms with van der Waals surface area (Å²) in [5, 5.41) is 4.43. The Kier molecular flexibility index (Phi) is 3.82. The van der Waals surface area contributed by atoms with E-state index < -0.39 is 0 Å². The van der Waals surface area contributed by atoms with Gasteiger partial charge in [0.1, 0.15) is 0 Å². The molecule has 0 aliphatic carbocycles. The molecule has 0 N–H and O–H groups in total. The maximum atomic E-state index is 12.9. The number of pyridine rings is 1. The first-order valence-electron chi connectivity index (χ1n) is 7.27. The molecule has 0 saturated heterocycles. The summed E-state index contributed by atoms with van der Waals surface area (Å²) < 4.78 is 3.80. The summed E-state index contributed by atoms with van der Waals surface area (Å²) in [7, 11) is 0. The quantitative estimate of drug-likeness (QED) is 0.535. The van der Waals surface area contributed by atoms with Crippen molar-refractivity contribution in [3.05, 3.63) is 54.9 Å². The molecule has 0 spiro atoms. The second kappa shape index (κ2) is 5.72. The van der Waals surface area contributed by atoms with Gasteiger partial charge in [-0.25, -0.2) is 4.52 Å². The number of amides is 1. The topological polar surface area (TPSA) is 37.6 Å². The molecule has 0 aromatic carbocycles. The zero-order valence-electron chi connectivity index (χ0n) is 12.3. The number of nitrogens with zero attached hydrogens (tertiary/aromatic N) is 3. The average molecular weight is 455 g/mol. The lowest BCUT2D eigenvalue weighted by molar-refractivity contribution is 0.0675. The van der Waals surface area contributed by atoms with Gasteiger partial charge >= 0.3 is 0 Å². The molecule has 1 aliphatic heterocycles. The second-order valence-corrected chi connectivity index (χ2v) is 8.99. The van der Waals surface area contributed by atoms with E-state index in [9.17, 15) is 4.79 Å². The number of carbonyl (C=O) groups excluding carboxylic acids is 1. The average Bonchev–Trinajstić information content (AvgIpc) is 3.09. The molecule has 23 heavy (non-hydrogen) atoms. The number of aromatic nitrogens is 2. The van der Waals surface area contributed by atoms with Crippen molar-refractivity contribution in [1.82, 2.24) is 14.5 Å². The molecule has 1 aliphatic rings. The Bertz CT molecular complexity index is 917. The third-order valence-corrected chi connectivity index (χ3v) is 6.50. The number of thiophene rings is 1. The summed E-state index contributed by atoms with van der Waals surface area (Å²) in [5.74, 6) is -0.00695. The fourth-order valence-electron chi connectivity index (χ4n) is 3.02. The van der Waals surface area contributed by atoms with Crippen LogP contribution in [0.25, 0.3) is 5.52 Å². The van der Waals surface area contributed by atoms with Gasteiger partial charge in [-0.05, 0) is 75.0 Å². The highest BCUT2D eigenvalue weighted by Crippen LogP contribution is 2.38. The first kappa shape index (κ1) is 15.4. The van der Waals surface area contributed by atoms with Crippen LogP contribution in [0.1, 0.15) is 33.9 Å². The van der Waals surface area contributed by atoms with E-state index in [0.717, 1.165) is 26.7 Å². The molecule has 4 rings (SSSR count). The van der Waals surface area contributed by atoms with Gasteiger partial charge < -0.3 is 4.90 Å². The highest BCUT2D eigenvalue weighted by Gasteiger charge is 2.31. The molecule has 7 heteroatoms. The molecular formula is C16H13Br2N3OS. The number of hydrogen-bond donors (Lipinski definition) is 0. The van der Waals surface area contributed by atoms with E-state index in [0.29, 0.717) is 5.69 Å². The Morgan fingerprint density at radius 1 is 1.35 bits per heavy atom. The third kappa shape index (κ3) is 2.64. The van der Waals surface area contributed by atoms with Gasteiger partial charge in [0.2, 0.25) is 0 Å².